The molecule has 0 aromatic heterocycles. The average Bonchev–Trinajstić information content (AvgIpc) is 3.22. The molecule has 2 unspecified atom stereocenters. The number of guanidine groups is 2. The molecule has 0 fully saturated rings. The van der Waals surface area contributed by atoms with Crippen LogP contribution in [-0.4, -0.2) is 71.1 Å². The Balaban J connectivity index is 0.000000534. The second kappa shape index (κ2) is 28.7. The van der Waals surface area contributed by atoms with Crippen molar-refractivity contribution in [2.24, 2.45) is 32.9 Å². The Bertz CT molecular complexity index is 1740. The number of nitrogens with one attached hydrogen (secondary N) is 2. The molecule has 0 spiro atoms. The van der Waals surface area contributed by atoms with Crippen LogP contribution >= 0.6 is 0 Å². The number of benzene rings is 4. The first kappa shape index (κ1) is 49.3. The normalized spacial score (nSPS) is 10.8. The van der Waals surface area contributed by atoms with Gasteiger partial charge in [0.2, 0.25) is 0 Å². The standard InChI is InChI=1S/2C20H24N4O3.2C2H6/c2*21-20(22)23-11-5-10-17(19(26)27)24-18(25)16-9-4-8-15(13-16)12-14-6-2-1-3-7-14;2*1-2/h2*1-4,6-9,13,17H,5,10-12H2,(H,24,25)(H,26,27)(H4,21,22,23);2*1-2H3. The number of carbonyl (C=O) groups excluding carboxylic acids is 2. The Morgan fingerprint density at radius 3 is 1.16 bits per heavy atom. The number of nitrogens with zero attached hydrogens (tertiary/aromatic N) is 2. The number of hydrogen-bond donors (Lipinski definition) is 8. The third-order valence-corrected chi connectivity index (χ3v) is 7.98. The third kappa shape index (κ3) is 20.3. The average molecular weight is 797 g/mol. The molecule has 0 radical (unpaired) electrons. The molecule has 14 heteroatoms. The van der Waals surface area contributed by atoms with Gasteiger partial charge in [-0.3, -0.25) is 19.6 Å². The van der Waals surface area contributed by atoms with Crippen LogP contribution in [0.2, 0.25) is 0 Å². The summed E-state index contributed by atoms with van der Waals surface area (Å²) in [6.45, 7) is 8.63. The summed E-state index contributed by atoms with van der Waals surface area (Å²) >= 11 is 0. The highest BCUT2D eigenvalue weighted by molar-refractivity contribution is 5.97. The molecule has 0 heterocycles. The number of rotatable bonds is 18. The van der Waals surface area contributed by atoms with Gasteiger partial charge in [-0.25, -0.2) is 9.59 Å². The van der Waals surface area contributed by atoms with Gasteiger partial charge in [0.05, 0.1) is 0 Å². The van der Waals surface area contributed by atoms with E-state index in [1.807, 2.05) is 100 Å². The van der Waals surface area contributed by atoms with Crippen molar-refractivity contribution in [1.82, 2.24) is 10.6 Å². The van der Waals surface area contributed by atoms with Gasteiger partial charge in [0.1, 0.15) is 12.1 Å². The van der Waals surface area contributed by atoms with Gasteiger partial charge < -0.3 is 43.8 Å². The van der Waals surface area contributed by atoms with Crippen molar-refractivity contribution >= 4 is 35.7 Å². The Kier molecular flexibility index (Phi) is 24.4. The van der Waals surface area contributed by atoms with Gasteiger partial charge in [-0.05, 0) is 85.0 Å². The number of nitrogens with two attached hydrogens (primary N) is 4. The van der Waals surface area contributed by atoms with Crippen LogP contribution in [-0.2, 0) is 22.4 Å². The summed E-state index contributed by atoms with van der Waals surface area (Å²) in [5, 5.41) is 23.8. The maximum Gasteiger partial charge on any atom is 0.326 e. The van der Waals surface area contributed by atoms with Crippen molar-refractivity contribution in [3.8, 4) is 0 Å². The van der Waals surface area contributed by atoms with Crippen molar-refractivity contribution in [3.05, 3.63) is 143 Å². The van der Waals surface area contributed by atoms with Crippen molar-refractivity contribution in [2.45, 2.75) is 78.3 Å². The van der Waals surface area contributed by atoms with Gasteiger partial charge in [-0.1, -0.05) is 113 Å². The molecular formula is C44H60N8O6. The van der Waals surface area contributed by atoms with Crippen LogP contribution in [0, 0.1) is 0 Å². The summed E-state index contributed by atoms with van der Waals surface area (Å²) in [4.78, 5) is 55.4. The Morgan fingerprint density at radius 2 is 0.845 bits per heavy atom. The van der Waals surface area contributed by atoms with Crippen LogP contribution in [0.5, 0.6) is 0 Å². The van der Waals surface area contributed by atoms with E-state index in [4.69, 9.17) is 22.9 Å². The first-order valence-corrected chi connectivity index (χ1v) is 19.3. The van der Waals surface area contributed by atoms with Crippen molar-refractivity contribution in [2.75, 3.05) is 13.1 Å². The summed E-state index contributed by atoms with van der Waals surface area (Å²) in [5.74, 6) is -3.09. The molecule has 4 rings (SSSR count). The van der Waals surface area contributed by atoms with Gasteiger partial charge in [0, 0.05) is 24.2 Å². The van der Waals surface area contributed by atoms with Crippen LogP contribution in [0.1, 0.15) is 96.3 Å². The summed E-state index contributed by atoms with van der Waals surface area (Å²) in [6, 6.07) is 32.2. The first-order valence-electron chi connectivity index (χ1n) is 19.3. The summed E-state index contributed by atoms with van der Waals surface area (Å²) in [7, 11) is 0. The predicted octanol–water partition coefficient (Wildman–Crippen LogP) is 5.08. The van der Waals surface area contributed by atoms with E-state index in [2.05, 4.69) is 20.6 Å². The quantitative estimate of drug-likeness (QED) is 0.0376. The number of hydrogen-bond acceptors (Lipinski definition) is 6. The van der Waals surface area contributed by atoms with Crippen LogP contribution in [0.15, 0.2) is 119 Å². The second-order valence-corrected chi connectivity index (χ2v) is 12.4. The fourth-order valence-corrected chi connectivity index (χ4v) is 5.31. The smallest absolute Gasteiger partial charge is 0.326 e. The van der Waals surface area contributed by atoms with Crippen LogP contribution in [0.3, 0.4) is 0 Å². The van der Waals surface area contributed by atoms with Gasteiger partial charge in [-0.2, -0.15) is 0 Å². The summed E-state index contributed by atoms with van der Waals surface area (Å²) in [6.07, 6.45) is 2.77. The van der Waals surface area contributed by atoms with Gasteiger partial charge in [0.15, 0.2) is 11.9 Å². The van der Waals surface area contributed by atoms with E-state index >= 15 is 0 Å². The molecule has 0 aliphatic heterocycles. The Hall–Kier alpha value is -6.70. The zero-order valence-electron chi connectivity index (χ0n) is 33.9. The van der Waals surface area contributed by atoms with Crippen molar-refractivity contribution in [3.63, 3.8) is 0 Å². The fourth-order valence-electron chi connectivity index (χ4n) is 5.31. The van der Waals surface area contributed by atoms with E-state index in [1.54, 1.807) is 36.4 Å². The van der Waals surface area contributed by atoms with Crippen LogP contribution < -0.4 is 33.6 Å². The maximum atomic E-state index is 12.5. The van der Waals surface area contributed by atoms with Crippen molar-refractivity contribution in [1.29, 1.82) is 0 Å². The van der Waals surface area contributed by atoms with Gasteiger partial charge in [0.25, 0.3) is 11.8 Å². The van der Waals surface area contributed by atoms with E-state index in [9.17, 15) is 29.4 Å². The molecule has 14 nitrogen and oxygen atoms in total. The molecule has 4 aromatic carbocycles. The van der Waals surface area contributed by atoms with Crippen LogP contribution in [0.25, 0.3) is 0 Å². The number of aliphatic imine (C=N–C) groups is 2. The number of amides is 2. The second-order valence-electron chi connectivity index (χ2n) is 12.4. The SMILES string of the molecule is CC.CC.NC(N)=NCCCC(NC(=O)c1cccc(Cc2ccccc2)c1)C(=O)O.NC(N)=NCCCC(NC(=O)c1cccc(Cc2ccccc2)c1)C(=O)O. The molecule has 0 aliphatic rings. The molecule has 0 saturated heterocycles. The monoisotopic (exact) mass is 796 g/mol. The summed E-state index contributed by atoms with van der Waals surface area (Å²) < 4.78 is 0. The lowest BCUT2D eigenvalue weighted by molar-refractivity contribution is -0.140. The third-order valence-electron chi connectivity index (χ3n) is 7.98. The molecule has 12 N–H and O–H groups in total. The topological polar surface area (TPSA) is 262 Å². The summed E-state index contributed by atoms with van der Waals surface area (Å²) in [5.41, 5.74) is 26.0. The minimum absolute atomic E-state index is 0.0406. The Morgan fingerprint density at radius 1 is 0.517 bits per heavy atom. The van der Waals surface area contributed by atoms with E-state index in [-0.39, 0.29) is 24.8 Å². The minimum atomic E-state index is -1.09. The predicted molar refractivity (Wildman–Crippen MR) is 232 cm³/mol. The molecule has 2 amide bonds. The number of aliphatic carboxylic acids is 2. The van der Waals surface area contributed by atoms with E-state index < -0.39 is 35.8 Å². The molecule has 2 atom stereocenters. The number of carbonyl (C=O) groups is 4. The Labute approximate surface area is 341 Å². The first-order chi connectivity index (χ1) is 27.9. The molecule has 0 bridgehead atoms. The largest absolute Gasteiger partial charge is 0.480 e. The lowest BCUT2D eigenvalue weighted by Gasteiger charge is -2.14. The number of carboxylic acid groups (broad SMARTS) is 2. The molecule has 4 aromatic rings. The molecule has 0 aliphatic carbocycles. The highest BCUT2D eigenvalue weighted by Crippen LogP contribution is 2.14. The highest BCUT2D eigenvalue weighted by Gasteiger charge is 2.21. The molecule has 58 heavy (non-hydrogen) atoms. The number of carboxylic acids is 2. The maximum absolute atomic E-state index is 12.5. The van der Waals surface area contributed by atoms with E-state index in [0.29, 0.717) is 49.9 Å². The van der Waals surface area contributed by atoms with Gasteiger partial charge >= 0.3 is 11.9 Å². The van der Waals surface area contributed by atoms with Gasteiger partial charge in [-0.15, -0.1) is 0 Å². The highest BCUT2D eigenvalue weighted by atomic mass is 16.4. The molecular weight excluding hydrogens is 737 g/mol. The van der Waals surface area contributed by atoms with Crippen LogP contribution in [0.4, 0.5) is 0 Å². The zero-order valence-corrected chi connectivity index (χ0v) is 33.9. The molecule has 312 valence electrons. The fraction of sp³-hybridized carbons (Fsp3) is 0.318. The molecule has 0 saturated carbocycles. The lowest BCUT2D eigenvalue weighted by Crippen LogP contribution is -2.40. The zero-order chi connectivity index (χ0) is 43.3. The van der Waals surface area contributed by atoms with E-state index in [0.717, 1.165) is 22.3 Å². The van der Waals surface area contributed by atoms with E-state index in [1.165, 1.54) is 0 Å². The minimum Gasteiger partial charge on any atom is -0.480 e. The lowest BCUT2D eigenvalue weighted by atomic mass is 10.0. The van der Waals surface area contributed by atoms with Crippen molar-refractivity contribution < 1.29 is 29.4 Å².